The van der Waals surface area contributed by atoms with E-state index in [1.165, 1.54) is 23.5 Å². The normalized spacial score (nSPS) is 17.5. The quantitative estimate of drug-likeness (QED) is 0.120. The van der Waals surface area contributed by atoms with Crippen LogP contribution in [0.1, 0.15) is 90.3 Å². The van der Waals surface area contributed by atoms with E-state index in [4.69, 9.17) is 18.6 Å². The van der Waals surface area contributed by atoms with Crippen molar-refractivity contribution in [2.24, 2.45) is 0 Å². The Morgan fingerprint density at radius 2 is 1.72 bits per heavy atom. The zero-order valence-corrected chi connectivity index (χ0v) is 31.3. The van der Waals surface area contributed by atoms with Crippen molar-refractivity contribution in [1.82, 2.24) is 20.4 Å². The Labute approximate surface area is 311 Å². The van der Waals surface area contributed by atoms with Gasteiger partial charge in [0.25, 0.3) is 0 Å². The zero-order valence-electron chi connectivity index (χ0n) is 30.4. The van der Waals surface area contributed by atoms with Gasteiger partial charge < -0.3 is 23.9 Å². The summed E-state index contributed by atoms with van der Waals surface area (Å²) >= 11 is 1.19. The van der Waals surface area contributed by atoms with Gasteiger partial charge >= 0.3 is 18.0 Å². The molecule has 1 fully saturated rings. The Kier molecular flexibility index (Phi) is 11.4. The van der Waals surface area contributed by atoms with Crippen molar-refractivity contribution in [3.05, 3.63) is 122 Å². The molecule has 1 amide bonds. The summed E-state index contributed by atoms with van der Waals surface area (Å²) in [5.41, 5.74) is 2.95. The molecule has 0 aliphatic carbocycles. The molecule has 278 valence electrons. The van der Waals surface area contributed by atoms with Gasteiger partial charge in [-0.1, -0.05) is 42.5 Å². The fraction of sp³-hybridized carbons (Fsp3) is 0.375. The average Bonchev–Trinajstić information content (AvgIpc) is 3.91. The number of benzene rings is 2. The Bertz CT molecular complexity index is 2010. The molecule has 0 bridgehead atoms. The maximum Gasteiger partial charge on any atom is 0.410 e. The first-order chi connectivity index (χ1) is 25.4. The number of thiophene rings is 1. The molecule has 2 aromatic carbocycles. The van der Waals surface area contributed by atoms with Crippen LogP contribution in [0.25, 0.3) is 5.57 Å². The van der Waals surface area contributed by atoms with E-state index in [0.29, 0.717) is 64.8 Å². The van der Waals surface area contributed by atoms with Crippen molar-refractivity contribution in [1.29, 1.82) is 0 Å². The standard InChI is InChI=1S/C40H43FN4O7S/c1-6-49-38(47)34-33(30-20-21-31(53-30)37(46)50-23-26-11-8-7-9-12-26)32(36-44-43-24(2)51-36)28(19-16-25-14-17-27(41)18-15-25)42-35(34)29-13-10-22-45(29)39(48)52-40(3,4)5/h7-9,11-12,14-15,17-18,20-21,29,33,42H,6,10,13,16,19,22-23H2,1-5H3. The number of halogens is 1. The second-order valence-corrected chi connectivity index (χ2v) is 15.0. The minimum Gasteiger partial charge on any atom is -0.463 e. The summed E-state index contributed by atoms with van der Waals surface area (Å²) in [6, 6.07) is 18.6. The van der Waals surface area contributed by atoms with Crippen LogP contribution in [0, 0.1) is 12.7 Å². The molecule has 53 heavy (non-hydrogen) atoms. The van der Waals surface area contributed by atoms with E-state index in [1.54, 1.807) is 43.0 Å². The van der Waals surface area contributed by atoms with Crippen LogP contribution in [0.15, 0.2) is 88.1 Å². The number of aromatic nitrogens is 2. The number of amides is 1. The van der Waals surface area contributed by atoms with Crippen LogP contribution < -0.4 is 5.32 Å². The van der Waals surface area contributed by atoms with Gasteiger partial charge in [0.2, 0.25) is 11.8 Å². The van der Waals surface area contributed by atoms with Crippen LogP contribution in [0.4, 0.5) is 9.18 Å². The maximum absolute atomic E-state index is 14.3. The van der Waals surface area contributed by atoms with Gasteiger partial charge in [0.05, 0.1) is 24.1 Å². The van der Waals surface area contributed by atoms with Crippen LogP contribution in [-0.2, 0) is 32.0 Å². The number of carbonyl (C=O) groups is 3. The van der Waals surface area contributed by atoms with Crippen molar-refractivity contribution in [3.8, 4) is 0 Å². The molecule has 2 aliphatic rings. The van der Waals surface area contributed by atoms with E-state index in [-0.39, 0.29) is 30.5 Å². The lowest BCUT2D eigenvalue weighted by Crippen LogP contribution is -2.45. The van der Waals surface area contributed by atoms with E-state index in [1.807, 2.05) is 51.1 Å². The topological polar surface area (TPSA) is 133 Å². The first-order valence-electron chi connectivity index (χ1n) is 17.7. The SMILES string of the molecule is CCOC(=O)C1=C(C2CCCN2C(=O)OC(C)(C)C)NC(CCc2ccc(F)cc2)=C(c2nnc(C)o2)C1c1ccc(C(=O)OCc2ccccc2)s1. The first kappa shape index (κ1) is 37.5. The second kappa shape index (κ2) is 16.2. The van der Waals surface area contributed by atoms with Gasteiger partial charge in [0.15, 0.2) is 0 Å². The number of dihydropyridines is 1. The molecule has 1 N–H and O–H groups in total. The van der Waals surface area contributed by atoms with E-state index < -0.39 is 35.6 Å². The number of ether oxygens (including phenoxy) is 3. The van der Waals surface area contributed by atoms with Crippen molar-refractivity contribution >= 4 is 34.9 Å². The van der Waals surface area contributed by atoms with Gasteiger partial charge in [0.1, 0.15) is 22.9 Å². The van der Waals surface area contributed by atoms with Crippen molar-refractivity contribution in [2.75, 3.05) is 13.2 Å². The van der Waals surface area contributed by atoms with E-state index >= 15 is 0 Å². The van der Waals surface area contributed by atoms with E-state index in [9.17, 15) is 18.8 Å². The van der Waals surface area contributed by atoms with Crippen molar-refractivity contribution in [3.63, 3.8) is 0 Å². The van der Waals surface area contributed by atoms with Crippen LogP contribution in [0.3, 0.4) is 0 Å². The molecule has 0 spiro atoms. The maximum atomic E-state index is 14.3. The van der Waals surface area contributed by atoms with E-state index in [0.717, 1.165) is 11.1 Å². The highest BCUT2D eigenvalue weighted by Crippen LogP contribution is 2.48. The molecule has 0 radical (unpaired) electrons. The monoisotopic (exact) mass is 742 g/mol. The highest BCUT2D eigenvalue weighted by molar-refractivity contribution is 7.14. The van der Waals surface area contributed by atoms with Gasteiger partial charge in [-0.05, 0) is 88.8 Å². The summed E-state index contributed by atoms with van der Waals surface area (Å²) in [5, 5.41) is 12.1. The summed E-state index contributed by atoms with van der Waals surface area (Å²) in [6.45, 7) is 9.45. The Morgan fingerprint density at radius 3 is 2.40 bits per heavy atom. The molecule has 2 unspecified atom stereocenters. The van der Waals surface area contributed by atoms with Gasteiger partial charge in [0, 0.05) is 35.3 Å². The first-order valence-corrected chi connectivity index (χ1v) is 18.5. The van der Waals surface area contributed by atoms with Gasteiger partial charge in [-0.25, -0.2) is 18.8 Å². The number of aryl methyl sites for hydroxylation is 2. The Hall–Kier alpha value is -5.30. The van der Waals surface area contributed by atoms with Crippen molar-refractivity contribution in [2.45, 2.75) is 84.5 Å². The molecule has 4 heterocycles. The molecule has 13 heteroatoms. The smallest absolute Gasteiger partial charge is 0.410 e. The number of rotatable bonds is 11. The molecular weight excluding hydrogens is 700 g/mol. The lowest BCUT2D eigenvalue weighted by molar-refractivity contribution is -0.138. The van der Waals surface area contributed by atoms with Gasteiger partial charge in [-0.3, -0.25) is 4.90 Å². The number of nitrogens with one attached hydrogen (secondary N) is 1. The number of nitrogens with zero attached hydrogens (tertiary/aromatic N) is 3. The average molecular weight is 743 g/mol. The third-order valence-electron chi connectivity index (χ3n) is 8.85. The summed E-state index contributed by atoms with van der Waals surface area (Å²) < 4.78 is 37.1. The van der Waals surface area contributed by atoms with E-state index in [2.05, 4.69) is 15.5 Å². The zero-order chi connectivity index (χ0) is 37.7. The number of hydrogen-bond donors (Lipinski definition) is 1. The molecular formula is C40H43FN4O7S. The molecule has 1 saturated heterocycles. The molecule has 6 rings (SSSR count). The highest BCUT2D eigenvalue weighted by atomic mass is 32.1. The number of hydrogen-bond acceptors (Lipinski definition) is 11. The summed E-state index contributed by atoms with van der Waals surface area (Å²) in [6.07, 6.45) is 1.63. The number of carbonyl (C=O) groups excluding carboxylic acids is 3. The Morgan fingerprint density at radius 1 is 0.962 bits per heavy atom. The Balaban J connectivity index is 1.49. The minimum absolute atomic E-state index is 0.0976. The largest absolute Gasteiger partial charge is 0.463 e. The summed E-state index contributed by atoms with van der Waals surface area (Å²) in [5.74, 6) is -1.77. The summed E-state index contributed by atoms with van der Waals surface area (Å²) in [7, 11) is 0. The van der Waals surface area contributed by atoms with Crippen LogP contribution in [-0.4, -0.2) is 57.9 Å². The fourth-order valence-electron chi connectivity index (χ4n) is 6.55. The van der Waals surface area contributed by atoms with Gasteiger partial charge in [-0.15, -0.1) is 21.5 Å². The molecule has 0 saturated carbocycles. The highest BCUT2D eigenvalue weighted by Gasteiger charge is 2.45. The predicted molar refractivity (Wildman–Crippen MR) is 196 cm³/mol. The molecule has 2 atom stereocenters. The predicted octanol–water partition coefficient (Wildman–Crippen LogP) is 7.88. The summed E-state index contributed by atoms with van der Waals surface area (Å²) in [4.78, 5) is 43.9. The van der Waals surface area contributed by atoms with Crippen LogP contribution in [0.2, 0.25) is 0 Å². The number of allylic oxidation sites excluding steroid dienone is 2. The third-order valence-corrected chi connectivity index (χ3v) is 9.98. The minimum atomic E-state index is -0.838. The third kappa shape index (κ3) is 8.85. The molecule has 2 aromatic heterocycles. The lowest BCUT2D eigenvalue weighted by Gasteiger charge is -2.37. The van der Waals surface area contributed by atoms with Crippen LogP contribution in [0.5, 0.6) is 0 Å². The van der Waals surface area contributed by atoms with Gasteiger partial charge in [-0.2, -0.15) is 0 Å². The molecule has 11 nitrogen and oxygen atoms in total. The second-order valence-electron chi connectivity index (χ2n) is 13.8. The molecule has 4 aromatic rings. The number of likely N-dealkylation sites (tertiary alicyclic amines) is 1. The van der Waals surface area contributed by atoms with Crippen molar-refractivity contribution < 1.29 is 37.4 Å². The lowest BCUT2D eigenvalue weighted by atomic mass is 9.81. The number of esters is 2. The van der Waals surface area contributed by atoms with Crippen LogP contribution >= 0.6 is 11.3 Å². The molecule has 2 aliphatic heterocycles. The fourth-order valence-corrected chi connectivity index (χ4v) is 7.57.